The average Bonchev–Trinajstić information content (AvgIpc) is 3.07. The fourth-order valence-corrected chi connectivity index (χ4v) is 6.76. The van der Waals surface area contributed by atoms with E-state index in [4.69, 9.17) is 16.3 Å². The molecular formula is C31H37ClF2N10O2S. The monoisotopic (exact) mass is 686 g/mol. The lowest BCUT2D eigenvalue weighted by atomic mass is 10.0. The van der Waals surface area contributed by atoms with E-state index in [1.165, 1.54) is 12.5 Å². The molecule has 2 aliphatic rings. The fraction of sp³-hybridized carbons (Fsp3) is 0.419. The van der Waals surface area contributed by atoms with E-state index < -0.39 is 17.4 Å². The van der Waals surface area contributed by atoms with Crippen LogP contribution in [-0.2, 0) is 11.0 Å². The van der Waals surface area contributed by atoms with E-state index in [9.17, 15) is 13.0 Å². The van der Waals surface area contributed by atoms with Crippen LogP contribution in [0.4, 0.5) is 43.3 Å². The van der Waals surface area contributed by atoms with E-state index in [2.05, 4.69) is 45.1 Å². The Morgan fingerprint density at radius 2 is 1.74 bits per heavy atom. The molecule has 2 aromatic carbocycles. The van der Waals surface area contributed by atoms with Gasteiger partial charge in [-0.1, -0.05) is 11.6 Å². The lowest BCUT2D eigenvalue weighted by Crippen LogP contribution is -2.53. The number of benzene rings is 2. The summed E-state index contributed by atoms with van der Waals surface area (Å²) >= 11 is 6.49. The van der Waals surface area contributed by atoms with Crippen LogP contribution in [0.25, 0.3) is 11.0 Å². The first-order valence-electron chi connectivity index (χ1n) is 15.4. The van der Waals surface area contributed by atoms with Crippen LogP contribution in [0, 0.1) is 0 Å². The number of piperidine rings is 1. The minimum atomic E-state index is -2.28. The molecule has 47 heavy (non-hydrogen) atoms. The second-order valence-electron chi connectivity index (χ2n) is 11.4. The molecule has 16 heteroatoms. The van der Waals surface area contributed by atoms with Crippen molar-refractivity contribution in [3.8, 4) is 5.75 Å². The van der Waals surface area contributed by atoms with Gasteiger partial charge in [-0.05, 0) is 37.1 Å². The minimum Gasteiger partial charge on any atom is -0.494 e. The van der Waals surface area contributed by atoms with Gasteiger partial charge < -0.3 is 25.0 Å². The largest absolute Gasteiger partial charge is 0.494 e. The van der Waals surface area contributed by atoms with Gasteiger partial charge in [0.05, 0.1) is 42.4 Å². The average molecular weight is 687 g/mol. The van der Waals surface area contributed by atoms with E-state index in [-0.39, 0.29) is 6.54 Å². The van der Waals surface area contributed by atoms with Crippen molar-refractivity contribution in [3.05, 3.63) is 53.9 Å². The van der Waals surface area contributed by atoms with Gasteiger partial charge >= 0.3 is 0 Å². The van der Waals surface area contributed by atoms with Crippen molar-refractivity contribution >= 4 is 68.1 Å². The molecule has 0 amide bonds. The summed E-state index contributed by atoms with van der Waals surface area (Å²) in [5.74, 6) is 1.27. The van der Waals surface area contributed by atoms with Gasteiger partial charge in [-0.25, -0.2) is 18.0 Å². The molecular weight excluding hydrogens is 650 g/mol. The van der Waals surface area contributed by atoms with Gasteiger partial charge in [0.1, 0.15) is 27.3 Å². The van der Waals surface area contributed by atoms with Gasteiger partial charge in [0, 0.05) is 75.7 Å². The highest BCUT2D eigenvalue weighted by Crippen LogP contribution is 2.36. The zero-order chi connectivity index (χ0) is 32.9. The Morgan fingerprint density at radius 1 is 1.00 bits per heavy atom. The molecule has 2 aliphatic heterocycles. The molecule has 0 aliphatic carbocycles. The van der Waals surface area contributed by atoms with Crippen molar-refractivity contribution in [3.63, 3.8) is 0 Å². The van der Waals surface area contributed by atoms with Crippen LogP contribution in [-0.4, -0.2) is 106 Å². The van der Waals surface area contributed by atoms with Crippen molar-refractivity contribution in [2.45, 2.75) is 25.3 Å². The molecule has 2 aromatic heterocycles. The van der Waals surface area contributed by atoms with E-state index in [1.54, 1.807) is 31.6 Å². The number of rotatable bonds is 11. The molecule has 0 bridgehead atoms. The number of aromatic nitrogens is 4. The van der Waals surface area contributed by atoms with Crippen molar-refractivity contribution in [1.29, 1.82) is 0 Å². The maximum atomic E-state index is 12.8. The van der Waals surface area contributed by atoms with Crippen molar-refractivity contribution < 1.29 is 17.7 Å². The van der Waals surface area contributed by atoms with Gasteiger partial charge in [0.25, 0.3) is 6.43 Å². The smallest absolute Gasteiger partial charge is 0.251 e. The fourth-order valence-electron chi connectivity index (χ4n) is 6.13. The molecule has 3 N–H and O–H groups in total. The number of nitrogens with one attached hydrogen (secondary N) is 3. The van der Waals surface area contributed by atoms with Crippen molar-refractivity contribution in [1.82, 2.24) is 29.7 Å². The van der Waals surface area contributed by atoms with Crippen molar-refractivity contribution in [2.75, 3.05) is 79.4 Å². The van der Waals surface area contributed by atoms with Crippen LogP contribution < -0.4 is 25.0 Å². The molecule has 4 aromatic rings. The SMILES string of the molecule is COc1cc(N2CCC(N3CCN(CC(F)F)CC3)CC2)ccc1Nc1ncc(Cl)c(Nc2ccc3nccnc3c2NS(C)=O)n1. The Labute approximate surface area is 279 Å². The second-order valence-corrected chi connectivity index (χ2v) is 13.0. The normalized spacial score (nSPS) is 17.2. The number of nitrogens with zero attached hydrogens (tertiary/aromatic N) is 7. The molecule has 1 atom stereocenters. The van der Waals surface area contributed by atoms with Crippen LogP contribution in [0.1, 0.15) is 12.8 Å². The quantitative estimate of drug-likeness (QED) is 0.195. The summed E-state index contributed by atoms with van der Waals surface area (Å²) in [6.07, 6.45) is 5.94. The Hall–Kier alpha value is -3.92. The van der Waals surface area contributed by atoms with E-state index in [0.29, 0.717) is 69.8 Å². The van der Waals surface area contributed by atoms with Crippen LogP contribution >= 0.6 is 11.6 Å². The summed E-state index contributed by atoms with van der Waals surface area (Å²) < 4.78 is 46.3. The number of ether oxygens (including phenoxy) is 1. The highest BCUT2D eigenvalue weighted by molar-refractivity contribution is 7.85. The molecule has 2 fully saturated rings. The van der Waals surface area contributed by atoms with E-state index in [0.717, 1.165) is 44.7 Å². The molecule has 1 unspecified atom stereocenters. The minimum absolute atomic E-state index is 0.135. The van der Waals surface area contributed by atoms with Crippen LogP contribution in [0.2, 0.25) is 5.02 Å². The molecule has 2 saturated heterocycles. The molecule has 250 valence electrons. The van der Waals surface area contributed by atoms with Gasteiger partial charge in [-0.15, -0.1) is 0 Å². The number of anilines is 6. The first-order valence-corrected chi connectivity index (χ1v) is 17.3. The molecule has 12 nitrogen and oxygen atoms in total. The molecule has 6 rings (SSSR count). The Kier molecular flexibility index (Phi) is 10.4. The summed E-state index contributed by atoms with van der Waals surface area (Å²) in [5, 5.41) is 6.75. The highest BCUT2D eigenvalue weighted by atomic mass is 35.5. The predicted octanol–water partition coefficient (Wildman–Crippen LogP) is 5.13. The Balaban J connectivity index is 1.12. The summed E-state index contributed by atoms with van der Waals surface area (Å²) in [5.41, 5.74) is 4.01. The first-order chi connectivity index (χ1) is 22.8. The third-order valence-electron chi connectivity index (χ3n) is 8.46. The maximum absolute atomic E-state index is 12.8. The summed E-state index contributed by atoms with van der Waals surface area (Å²) in [7, 11) is 0.251. The van der Waals surface area contributed by atoms with Gasteiger partial charge in [0.15, 0.2) is 5.82 Å². The zero-order valence-electron chi connectivity index (χ0n) is 26.1. The van der Waals surface area contributed by atoms with Gasteiger partial charge in [0.2, 0.25) is 5.95 Å². The maximum Gasteiger partial charge on any atom is 0.251 e. The van der Waals surface area contributed by atoms with Crippen molar-refractivity contribution in [2.24, 2.45) is 0 Å². The third kappa shape index (κ3) is 7.97. The predicted molar refractivity (Wildman–Crippen MR) is 183 cm³/mol. The summed E-state index contributed by atoms with van der Waals surface area (Å²) in [4.78, 5) is 24.4. The topological polar surface area (TPSA) is 124 Å². The summed E-state index contributed by atoms with van der Waals surface area (Å²) in [6.45, 7) is 4.73. The van der Waals surface area contributed by atoms with Gasteiger partial charge in [-0.2, -0.15) is 4.98 Å². The lowest BCUT2D eigenvalue weighted by Gasteiger charge is -2.43. The number of piperazine rings is 1. The van der Waals surface area contributed by atoms with E-state index >= 15 is 0 Å². The zero-order valence-corrected chi connectivity index (χ0v) is 27.7. The standard InChI is InChI=1S/C31H37ClF2N10O2S/c1-46-26-17-21(43-11-7-20(8-12-43)44-15-13-42(14-16-44)19-27(33)34)3-4-23(26)39-31-37-18-22(32)30(40-31)38-25-6-5-24-28(36-10-9-35-24)29(25)41-47(2)45/h3-6,9-10,17-18,20,27,41H,7-8,11-16,19H2,1-2H3,(H2,37,38,39,40). The molecule has 0 spiro atoms. The number of fused-ring (bicyclic) bond motifs is 1. The molecule has 0 radical (unpaired) electrons. The van der Waals surface area contributed by atoms with Crippen LogP contribution in [0.15, 0.2) is 48.9 Å². The van der Waals surface area contributed by atoms with Crippen LogP contribution in [0.5, 0.6) is 5.75 Å². The second kappa shape index (κ2) is 14.9. The molecule has 4 heterocycles. The van der Waals surface area contributed by atoms with Crippen LogP contribution in [0.3, 0.4) is 0 Å². The summed E-state index contributed by atoms with van der Waals surface area (Å²) in [6, 6.07) is 10.0. The first kappa shape index (κ1) is 33.0. The molecule has 0 saturated carbocycles. The van der Waals surface area contributed by atoms with E-state index in [1.807, 2.05) is 23.1 Å². The highest BCUT2D eigenvalue weighted by Gasteiger charge is 2.28. The number of methoxy groups -OCH3 is 1. The third-order valence-corrected chi connectivity index (χ3v) is 9.23. The number of hydrogen-bond donors (Lipinski definition) is 3. The Morgan fingerprint density at radius 3 is 2.47 bits per heavy atom. The number of halogens is 3. The number of hydrogen-bond acceptors (Lipinski definition) is 11. The lowest BCUT2D eigenvalue weighted by molar-refractivity contribution is 0.0392. The van der Waals surface area contributed by atoms with Gasteiger partial charge in [-0.3, -0.25) is 19.8 Å². The Bertz CT molecular complexity index is 1720. The number of alkyl halides is 2.